The predicted octanol–water partition coefficient (Wildman–Crippen LogP) is 4.91. The van der Waals surface area contributed by atoms with Crippen molar-refractivity contribution in [1.82, 2.24) is 4.90 Å². The number of ether oxygens (including phenoxy) is 2. The van der Waals surface area contributed by atoms with E-state index >= 15 is 0 Å². The van der Waals surface area contributed by atoms with Crippen LogP contribution in [0.25, 0.3) is 17.2 Å². The highest BCUT2D eigenvalue weighted by Crippen LogP contribution is 2.27. The van der Waals surface area contributed by atoms with Crippen molar-refractivity contribution in [2.45, 2.75) is 33.3 Å². The van der Waals surface area contributed by atoms with E-state index in [-0.39, 0.29) is 12.1 Å². The van der Waals surface area contributed by atoms with Crippen LogP contribution in [0.15, 0.2) is 48.5 Å². The Labute approximate surface area is 190 Å². The second kappa shape index (κ2) is 9.90. The van der Waals surface area contributed by atoms with Crippen LogP contribution in [0.1, 0.15) is 31.9 Å². The summed E-state index contributed by atoms with van der Waals surface area (Å²) in [5, 5.41) is 0. The van der Waals surface area contributed by atoms with Gasteiger partial charge in [0.15, 0.2) is 0 Å². The fraction of sp³-hybridized carbons (Fsp3) is 0.385. The molecule has 6 nitrogen and oxygen atoms in total. The molecule has 170 valence electrons. The number of amides is 1. The van der Waals surface area contributed by atoms with Gasteiger partial charge in [0.05, 0.1) is 7.11 Å². The molecule has 32 heavy (non-hydrogen) atoms. The van der Waals surface area contributed by atoms with E-state index in [0.717, 1.165) is 41.0 Å². The van der Waals surface area contributed by atoms with Crippen molar-refractivity contribution in [2.24, 2.45) is 0 Å². The van der Waals surface area contributed by atoms with Crippen LogP contribution in [0.3, 0.4) is 0 Å². The van der Waals surface area contributed by atoms with Gasteiger partial charge in [0, 0.05) is 37.9 Å². The minimum Gasteiger partial charge on any atom is -0.466 e. The Morgan fingerprint density at radius 1 is 0.969 bits per heavy atom. The highest BCUT2D eigenvalue weighted by atomic mass is 16.6. The van der Waals surface area contributed by atoms with Crippen LogP contribution in [-0.4, -0.2) is 55.9 Å². The summed E-state index contributed by atoms with van der Waals surface area (Å²) in [6.45, 7) is 10.6. The summed E-state index contributed by atoms with van der Waals surface area (Å²) in [6.07, 6.45) is 2.93. The molecule has 2 aromatic rings. The van der Waals surface area contributed by atoms with Crippen molar-refractivity contribution in [3.05, 3.63) is 59.7 Å². The number of anilines is 1. The van der Waals surface area contributed by atoms with E-state index in [0.29, 0.717) is 13.1 Å². The number of methoxy groups -OCH3 is 1. The average molecular weight is 437 g/mol. The monoisotopic (exact) mass is 436 g/mol. The molecule has 0 N–H and O–H groups in total. The van der Waals surface area contributed by atoms with Gasteiger partial charge in [-0.2, -0.15) is 0 Å². The molecular formula is C26H32N2O4. The molecule has 1 aliphatic rings. The molecule has 0 bridgehead atoms. The number of hydrogen-bond acceptors (Lipinski definition) is 5. The molecule has 0 saturated carbocycles. The van der Waals surface area contributed by atoms with Crippen LogP contribution in [0.2, 0.25) is 0 Å². The van der Waals surface area contributed by atoms with Crippen LogP contribution in [-0.2, 0) is 14.3 Å². The molecule has 1 heterocycles. The minimum atomic E-state index is -0.474. The Morgan fingerprint density at radius 2 is 1.62 bits per heavy atom. The van der Waals surface area contributed by atoms with E-state index in [4.69, 9.17) is 4.74 Å². The van der Waals surface area contributed by atoms with Crippen LogP contribution < -0.4 is 4.90 Å². The summed E-state index contributed by atoms with van der Waals surface area (Å²) in [5.41, 5.74) is 5.06. The quantitative estimate of drug-likeness (QED) is 0.504. The highest BCUT2D eigenvalue weighted by molar-refractivity contribution is 5.87. The topological polar surface area (TPSA) is 59.1 Å². The number of nitrogens with zero attached hydrogens (tertiary/aromatic N) is 2. The molecule has 3 rings (SSSR count). The molecule has 0 unspecified atom stereocenters. The third-order valence-corrected chi connectivity index (χ3v) is 5.34. The van der Waals surface area contributed by atoms with Gasteiger partial charge < -0.3 is 19.3 Å². The molecule has 0 atom stereocenters. The van der Waals surface area contributed by atoms with E-state index in [1.54, 1.807) is 11.0 Å². The maximum Gasteiger partial charge on any atom is 0.410 e. The fourth-order valence-corrected chi connectivity index (χ4v) is 3.67. The number of aryl methyl sites for hydroxylation is 1. The van der Waals surface area contributed by atoms with Crippen molar-refractivity contribution in [2.75, 3.05) is 38.2 Å². The van der Waals surface area contributed by atoms with Gasteiger partial charge in [0.2, 0.25) is 0 Å². The smallest absolute Gasteiger partial charge is 0.410 e. The number of esters is 1. The second-order valence-corrected chi connectivity index (χ2v) is 8.93. The van der Waals surface area contributed by atoms with Gasteiger partial charge in [-0.15, -0.1) is 0 Å². The zero-order valence-corrected chi connectivity index (χ0v) is 19.6. The van der Waals surface area contributed by atoms with Crippen molar-refractivity contribution in [3.8, 4) is 11.1 Å². The van der Waals surface area contributed by atoms with Crippen molar-refractivity contribution >= 4 is 23.8 Å². The fourth-order valence-electron chi connectivity index (χ4n) is 3.67. The molecule has 1 amide bonds. The first-order valence-electron chi connectivity index (χ1n) is 10.9. The second-order valence-electron chi connectivity index (χ2n) is 8.93. The third-order valence-electron chi connectivity index (χ3n) is 5.34. The van der Waals surface area contributed by atoms with Crippen LogP contribution in [0.4, 0.5) is 10.5 Å². The molecule has 2 aromatic carbocycles. The zero-order chi connectivity index (χ0) is 23.3. The maximum absolute atomic E-state index is 12.3. The molecular weight excluding hydrogens is 404 g/mol. The Balaban J connectivity index is 1.63. The summed E-state index contributed by atoms with van der Waals surface area (Å²) < 4.78 is 10.1. The van der Waals surface area contributed by atoms with Gasteiger partial charge in [-0.05, 0) is 68.2 Å². The lowest BCUT2D eigenvalue weighted by Crippen LogP contribution is -2.50. The summed E-state index contributed by atoms with van der Waals surface area (Å²) in [4.78, 5) is 27.6. The molecule has 1 aliphatic heterocycles. The molecule has 6 heteroatoms. The van der Waals surface area contributed by atoms with Gasteiger partial charge in [0.25, 0.3) is 0 Å². The van der Waals surface area contributed by atoms with Crippen molar-refractivity contribution in [3.63, 3.8) is 0 Å². The van der Waals surface area contributed by atoms with Gasteiger partial charge in [-0.1, -0.05) is 30.3 Å². The lowest BCUT2D eigenvalue weighted by Gasteiger charge is -2.36. The first kappa shape index (κ1) is 23.4. The van der Waals surface area contributed by atoms with Crippen molar-refractivity contribution in [1.29, 1.82) is 0 Å². The molecule has 0 spiro atoms. The van der Waals surface area contributed by atoms with E-state index in [2.05, 4.69) is 53.0 Å². The van der Waals surface area contributed by atoms with Gasteiger partial charge in [0.1, 0.15) is 5.60 Å². The number of piperazine rings is 1. The Kier molecular flexibility index (Phi) is 7.23. The molecule has 1 fully saturated rings. The summed E-state index contributed by atoms with van der Waals surface area (Å²) in [6, 6.07) is 14.6. The average Bonchev–Trinajstić information content (AvgIpc) is 2.76. The minimum absolute atomic E-state index is 0.243. The SMILES string of the molecule is COC(=O)/C=C/c1ccc(-c2ccc(N3CCN(C(=O)OC(C)(C)C)CC3)cc2)c(C)c1. The van der Waals surface area contributed by atoms with Gasteiger partial charge in [-0.25, -0.2) is 9.59 Å². The molecule has 1 saturated heterocycles. The Hall–Kier alpha value is -3.28. The first-order chi connectivity index (χ1) is 15.2. The van der Waals surface area contributed by atoms with E-state index in [1.807, 2.05) is 26.8 Å². The largest absolute Gasteiger partial charge is 0.466 e. The molecule has 0 radical (unpaired) electrons. The van der Waals surface area contributed by atoms with Crippen LogP contribution >= 0.6 is 0 Å². The molecule has 0 aromatic heterocycles. The lowest BCUT2D eigenvalue weighted by atomic mass is 9.98. The summed E-state index contributed by atoms with van der Waals surface area (Å²) >= 11 is 0. The highest BCUT2D eigenvalue weighted by Gasteiger charge is 2.25. The number of rotatable bonds is 4. The lowest BCUT2D eigenvalue weighted by molar-refractivity contribution is -0.134. The van der Waals surface area contributed by atoms with Gasteiger partial charge >= 0.3 is 12.1 Å². The van der Waals surface area contributed by atoms with Crippen molar-refractivity contribution < 1.29 is 19.1 Å². The number of carbonyl (C=O) groups excluding carboxylic acids is 2. The Bertz CT molecular complexity index is 982. The Morgan fingerprint density at radius 3 is 2.19 bits per heavy atom. The maximum atomic E-state index is 12.3. The molecule has 0 aliphatic carbocycles. The zero-order valence-electron chi connectivity index (χ0n) is 19.6. The van der Waals surface area contributed by atoms with E-state index < -0.39 is 5.60 Å². The van der Waals surface area contributed by atoms with E-state index in [9.17, 15) is 9.59 Å². The number of benzene rings is 2. The summed E-state index contributed by atoms with van der Waals surface area (Å²) in [7, 11) is 1.37. The standard InChI is InChI=1S/C26H32N2O4/c1-19-18-20(7-13-24(29)31-5)6-12-23(19)21-8-10-22(11-9-21)27-14-16-28(17-15-27)25(30)32-26(2,3)4/h6-13,18H,14-17H2,1-5H3/b13-7+. The number of hydrogen-bond donors (Lipinski definition) is 0. The van der Waals surface area contributed by atoms with Gasteiger partial charge in [-0.3, -0.25) is 0 Å². The van der Waals surface area contributed by atoms with Crippen LogP contribution in [0.5, 0.6) is 0 Å². The first-order valence-corrected chi connectivity index (χ1v) is 10.9. The van der Waals surface area contributed by atoms with Crippen LogP contribution in [0, 0.1) is 6.92 Å². The summed E-state index contributed by atoms with van der Waals surface area (Å²) in [5.74, 6) is -0.366. The predicted molar refractivity (Wildman–Crippen MR) is 128 cm³/mol. The normalized spacial score (nSPS) is 14.5. The van der Waals surface area contributed by atoms with E-state index in [1.165, 1.54) is 13.2 Å². The number of carbonyl (C=O) groups is 2. The third kappa shape index (κ3) is 6.13.